The van der Waals surface area contributed by atoms with Crippen molar-refractivity contribution in [3.8, 4) is 35.6 Å². The Morgan fingerprint density at radius 1 is 1.00 bits per heavy atom. The van der Waals surface area contributed by atoms with E-state index in [0.29, 0.717) is 35.6 Å². The van der Waals surface area contributed by atoms with Gasteiger partial charge in [-0.2, -0.15) is 14.4 Å². The van der Waals surface area contributed by atoms with E-state index in [4.69, 9.17) is 11.2 Å². The molecule has 0 bridgehead atoms. The minimum atomic E-state index is -1.01. The number of hydrogen-bond donors (Lipinski definition) is 1. The summed E-state index contributed by atoms with van der Waals surface area (Å²) in [5.41, 5.74) is 3.11. The molecule has 2 fully saturated rings. The molecule has 1 unspecified atom stereocenters. The van der Waals surface area contributed by atoms with Crippen molar-refractivity contribution in [2.75, 3.05) is 0 Å². The number of rotatable bonds is 3. The van der Waals surface area contributed by atoms with Crippen molar-refractivity contribution < 1.29 is 14.2 Å². The number of benzene rings is 3. The van der Waals surface area contributed by atoms with Gasteiger partial charge >= 0.3 is 12.1 Å². The minimum Gasteiger partial charge on any atom is -0.424 e. The number of ether oxygens (including phenoxy) is 1. The Bertz CT molecular complexity index is 2210. The zero-order valence-electron chi connectivity index (χ0n) is 24.8. The second kappa shape index (κ2) is 9.59. The van der Waals surface area contributed by atoms with Gasteiger partial charge in [-0.15, -0.1) is 22.7 Å². The number of hydrogen-bond acceptors (Lipinski definition) is 6. The van der Waals surface area contributed by atoms with Crippen molar-refractivity contribution in [1.29, 1.82) is 0 Å². The van der Waals surface area contributed by atoms with Gasteiger partial charge in [-0.3, -0.25) is 4.40 Å². The normalized spacial score (nSPS) is 27.3. The molecule has 0 aliphatic heterocycles. The quantitative estimate of drug-likeness (QED) is 0.203. The molecule has 6 nitrogen and oxygen atoms in total. The summed E-state index contributed by atoms with van der Waals surface area (Å²) >= 11 is 1.69. The van der Waals surface area contributed by atoms with E-state index in [0.717, 1.165) is 57.9 Å². The zero-order chi connectivity index (χ0) is 30.5. The lowest BCUT2D eigenvalue weighted by molar-refractivity contribution is -0.0646. The molecule has 3 heterocycles. The summed E-state index contributed by atoms with van der Waals surface area (Å²) < 4.78 is 24.5. The van der Waals surface area contributed by atoms with Crippen LogP contribution >= 0.6 is 11.3 Å². The van der Waals surface area contributed by atoms with Crippen molar-refractivity contribution in [3.63, 3.8) is 0 Å². The molecule has 0 spiro atoms. The van der Waals surface area contributed by atoms with Crippen LogP contribution in [0.15, 0.2) is 66.7 Å². The largest absolute Gasteiger partial charge is 0.424 e. The lowest BCUT2D eigenvalue weighted by atomic mass is 9.53. The Balaban J connectivity index is 1.06. The number of halogens is 1. The maximum Gasteiger partial charge on any atom is 0.328 e. The number of aryl methyl sites for hydroxylation is 1. The molecule has 3 aliphatic carbocycles. The third kappa shape index (κ3) is 3.81. The van der Waals surface area contributed by atoms with Crippen molar-refractivity contribution in [2.45, 2.75) is 57.0 Å². The van der Waals surface area contributed by atoms with Gasteiger partial charge in [0.1, 0.15) is 21.9 Å². The van der Waals surface area contributed by atoms with Gasteiger partial charge in [0.25, 0.3) is 0 Å². The molecule has 3 aromatic carbocycles. The number of aliphatic hydroxyl groups is 1. The van der Waals surface area contributed by atoms with Crippen molar-refractivity contribution in [3.05, 3.63) is 83.9 Å². The summed E-state index contributed by atoms with van der Waals surface area (Å²) in [6.45, 7) is 2.21. The van der Waals surface area contributed by atoms with Crippen LogP contribution in [-0.2, 0) is 6.42 Å². The monoisotopic (exact) mass is 614 g/mol. The summed E-state index contributed by atoms with van der Waals surface area (Å²) in [6.07, 6.45) is 10.5. The highest BCUT2D eigenvalue weighted by molar-refractivity contribution is 7.24. The predicted octanol–water partition coefficient (Wildman–Crippen LogP) is 8.31. The molecule has 6 aromatic rings. The second-order valence-corrected chi connectivity index (χ2v) is 14.2. The lowest BCUT2D eigenvalue weighted by Gasteiger charge is -2.52. The number of aromatic nitrogens is 4. The third-order valence-electron chi connectivity index (χ3n) is 11.2. The van der Waals surface area contributed by atoms with Gasteiger partial charge in [-0.05, 0) is 91.7 Å². The van der Waals surface area contributed by atoms with Crippen LogP contribution in [0.2, 0.25) is 0 Å². The van der Waals surface area contributed by atoms with Crippen LogP contribution < -0.4 is 4.74 Å². The molecule has 2 saturated carbocycles. The number of nitrogens with zero attached hydrogens (tertiary/aromatic N) is 4. The molecule has 5 atom stereocenters. The number of fused-ring (bicyclic) bond motifs is 10. The maximum absolute atomic E-state index is 15.1. The van der Waals surface area contributed by atoms with Gasteiger partial charge in [-0.1, -0.05) is 55.3 Å². The van der Waals surface area contributed by atoms with Crippen LogP contribution in [0.1, 0.15) is 56.1 Å². The fraction of sp³-hybridized carbons (Fsp3) is 0.324. The Kier molecular flexibility index (Phi) is 5.76. The topological polar surface area (TPSA) is 72.5 Å². The van der Waals surface area contributed by atoms with Crippen LogP contribution in [0.5, 0.6) is 11.8 Å². The first-order valence-electron chi connectivity index (χ1n) is 15.7. The molecule has 0 amide bonds. The fourth-order valence-electron chi connectivity index (χ4n) is 9.07. The summed E-state index contributed by atoms with van der Waals surface area (Å²) in [5, 5.41) is 13.3. The lowest BCUT2D eigenvalue weighted by Crippen LogP contribution is -2.50. The molecular formula is C37H31FN4O2S. The van der Waals surface area contributed by atoms with Crippen LogP contribution in [0.4, 0.5) is 4.39 Å². The fourth-order valence-corrected chi connectivity index (χ4v) is 10.3. The molecule has 45 heavy (non-hydrogen) atoms. The molecule has 8 heteroatoms. The van der Waals surface area contributed by atoms with Gasteiger partial charge in [0, 0.05) is 16.2 Å². The molecule has 0 saturated heterocycles. The van der Waals surface area contributed by atoms with Gasteiger partial charge in [0.15, 0.2) is 5.82 Å². The van der Waals surface area contributed by atoms with Crippen LogP contribution in [0.25, 0.3) is 37.3 Å². The summed E-state index contributed by atoms with van der Waals surface area (Å²) in [7, 11) is 0. The predicted molar refractivity (Wildman–Crippen MR) is 174 cm³/mol. The zero-order valence-corrected chi connectivity index (χ0v) is 25.6. The number of para-hydroxylation sites is 1. The van der Waals surface area contributed by atoms with Crippen LogP contribution in [-0.4, -0.2) is 30.1 Å². The van der Waals surface area contributed by atoms with Crippen LogP contribution in [0.3, 0.4) is 0 Å². The molecular weight excluding hydrogens is 583 g/mol. The van der Waals surface area contributed by atoms with Crippen molar-refractivity contribution in [1.82, 2.24) is 19.4 Å². The number of terminal acetylenes is 1. The summed E-state index contributed by atoms with van der Waals surface area (Å²) in [6, 6.07) is 22.3. The molecule has 3 aliphatic rings. The maximum atomic E-state index is 15.1. The SMILES string of the molecule is C#CC1(O)CC[C@H]2[C@@H]3CCc4cc(Oc5nc(F)nc(-c6c7ccccc7c7sc8ccccc8n67)n5)ccc4[C@H]3CC[C@@]21C. The molecule has 9 rings (SSSR count). The van der Waals surface area contributed by atoms with Crippen molar-refractivity contribution in [2.24, 2.45) is 17.3 Å². The van der Waals surface area contributed by atoms with E-state index >= 15 is 4.39 Å². The van der Waals surface area contributed by atoms with E-state index in [1.54, 1.807) is 11.3 Å². The Morgan fingerprint density at radius 3 is 2.69 bits per heavy atom. The van der Waals surface area contributed by atoms with E-state index < -0.39 is 11.7 Å². The molecule has 1 N–H and O–H groups in total. The van der Waals surface area contributed by atoms with E-state index in [1.807, 2.05) is 36.4 Å². The first-order chi connectivity index (χ1) is 21.9. The van der Waals surface area contributed by atoms with Crippen molar-refractivity contribution >= 4 is 37.2 Å². The minimum absolute atomic E-state index is 0.0716. The first kappa shape index (κ1) is 27.0. The van der Waals surface area contributed by atoms with E-state index in [-0.39, 0.29) is 17.2 Å². The Morgan fingerprint density at radius 2 is 1.82 bits per heavy atom. The van der Waals surface area contributed by atoms with Crippen LogP contribution in [0, 0.1) is 35.7 Å². The highest BCUT2D eigenvalue weighted by Crippen LogP contribution is 2.64. The molecule has 224 valence electrons. The van der Waals surface area contributed by atoms with E-state index in [1.165, 1.54) is 11.1 Å². The first-order valence-corrected chi connectivity index (χ1v) is 16.5. The van der Waals surface area contributed by atoms with Gasteiger partial charge in [0.05, 0.1) is 10.2 Å². The van der Waals surface area contributed by atoms with E-state index in [9.17, 15) is 5.11 Å². The van der Waals surface area contributed by atoms with Gasteiger partial charge < -0.3 is 9.84 Å². The average Bonchev–Trinajstić information content (AvgIpc) is 3.67. The molecule has 3 aromatic heterocycles. The molecule has 0 radical (unpaired) electrons. The third-order valence-corrected chi connectivity index (χ3v) is 12.4. The average molecular weight is 615 g/mol. The highest BCUT2D eigenvalue weighted by atomic mass is 32.1. The summed E-state index contributed by atoms with van der Waals surface area (Å²) in [4.78, 5) is 13.8. The van der Waals surface area contributed by atoms with Gasteiger partial charge in [0.2, 0.25) is 0 Å². The second-order valence-electron chi connectivity index (χ2n) is 13.2. The Hall–Kier alpha value is -4.32. The summed E-state index contributed by atoms with van der Waals surface area (Å²) in [5.74, 6) is 4.94. The highest BCUT2D eigenvalue weighted by Gasteiger charge is 2.61. The number of thiazole rings is 1. The Labute approximate surface area is 263 Å². The van der Waals surface area contributed by atoms with Gasteiger partial charge in [-0.25, -0.2) is 0 Å². The standard InChI is InChI=1S/C37H31FN4O2S/c1-3-37(43)19-17-28-25-14-12-21-20-22(13-15-23(21)24(25)16-18-36(28,37)2)44-35-40-32(39-34(38)41-35)31-26-8-4-5-9-27(26)33-42(31)29-10-6-7-11-30(29)45-33/h1,4-11,13,15,20,24-25,28,43H,12,14,16-19H2,2H3/t24-,25-,28+,36+,37?/m1/s1. The van der Waals surface area contributed by atoms with E-state index in [2.05, 4.69) is 62.5 Å². The smallest absolute Gasteiger partial charge is 0.328 e.